The number of hydrogen-bond acceptors (Lipinski definition) is 5. The number of rotatable bonds is 3. The number of nitrogens with zero attached hydrogens (tertiary/aromatic N) is 2. The Bertz CT molecular complexity index is 414. The number of carbonyl (C=O) groups is 2. The van der Waals surface area contributed by atoms with Crippen molar-refractivity contribution >= 4 is 17.7 Å². The summed E-state index contributed by atoms with van der Waals surface area (Å²) in [6.45, 7) is 2.19. The maximum atomic E-state index is 9.10. The smallest absolute Gasteiger partial charge is 0.414 e. The van der Waals surface area contributed by atoms with Crippen LogP contribution < -0.4 is 0 Å². The van der Waals surface area contributed by atoms with E-state index in [1.54, 1.807) is 7.11 Å². The zero-order valence-electron chi connectivity index (χ0n) is 11.7. The molecule has 1 aliphatic carbocycles. The Kier molecular flexibility index (Phi) is 6.17. The summed E-state index contributed by atoms with van der Waals surface area (Å²) in [4.78, 5) is 25.5. The summed E-state index contributed by atoms with van der Waals surface area (Å²) >= 11 is 0. The maximum absolute atomic E-state index is 9.10. The summed E-state index contributed by atoms with van der Waals surface area (Å²) in [5.41, 5.74) is 2.57. The van der Waals surface area contributed by atoms with Gasteiger partial charge in [-0.15, -0.1) is 0 Å². The molecule has 0 bridgehead atoms. The van der Waals surface area contributed by atoms with E-state index < -0.39 is 11.9 Å². The van der Waals surface area contributed by atoms with Gasteiger partial charge in [-0.2, -0.15) is 0 Å². The highest BCUT2D eigenvalue weighted by Crippen LogP contribution is 2.34. The van der Waals surface area contributed by atoms with E-state index in [9.17, 15) is 0 Å². The highest BCUT2D eigenvalue weighted by Gasteiger charge is 2.31. The third-order valence-corrected chi connectivity index (χ3v) is 3.01. The van der Waals surface area contributed by atoms with E-state index in [0.29, 0.717) is 5.92 Å². The molecule has 1 heterocycles. The molecule has 7 heteroatoms. The van der Waals surface area contributed by atoms with Crippen molar-refractivity contribution in [3.05, 3.63) is 11.6 Å². The molecule has 2 aliphatic rings. The van der Waals surface area contributed by atoms with Crippen LogP contribution in [0.3, 0.4) is 0 Å². The van der Waals surface area contributed by atoms with Crippen LogP contribution in [-0.2, 0) is 14.4 Å². The molecule has 20 heavy (non-hydrogen) atoms. The number of hydrogen-bond donors (Lipinski definition) is 2. The second-order valence-corrected chi connectivity index (χ2v) is 4.80. The molecule has 2 N–H and O–H groups in total. The van der Waals surface area contributed by atoms with Gasteiger partial charge in [-0.1, -0.05) is 11.2 Å². The van der Waals surface area contributed by atoms with Crippen LogP contribution >= 0.6 is 0 Å². The molecule has 0 amide bonds. The standard InChI is InChI=1S/C11H18N2O.C2H2O4/c1-13-7-3-4-10(8-13)11(12-14-2)9-5-6-9;3-1(4)2(5)6/h4,9H,3,5-8H2,1-2H3;(H,3,4)(H,5,6). The molecule has 0 aromatic heterocycles. The normalized spacial score (nSPS) is 19.5. The average molecular weight is 284 g/mol. The summed E-state index contributed by atoms with van der Waals surface area (Å²) in [6.07, 6.45) is 6.02. The number of aliphatic carboxylic acids is 2. The lowest BCUT2D eigenvalue weighted by atomic mass is 10.0. The lowest BCUT2D eigenvalue weighted by Gasteiger charge is -2.23. The SMILES string of the molecule is CON=C(C1=CCCN(C)C1)C1CC1.O=C(O)C(=O)O. The van der Waals surface area contributed by atoms with Gasteiger partial charge in [-0.3, -0.25) is 0 Å². The van der Waals surface area contributed by atoms with Gasteiger partial charge in [0, 0.05) is 19.0 Å². The lowest BCUT2D eigenvalue weighted by molar-refractivity contribution is -0.159. The highest BCUT2D eigenvalue weighted by atomic mass is 16.6. The summed E-state index contributed by atoms with van der Waals surface area (Å²) in [5.74, 6) is -2.97. The molecular weight excluding hydrogens is 264 g/mol. The van der Waals surface area contributed by atoms with Crippen molar-refractivity contribution in [1.29, 1.82) is 0 Å². The van der Waals surface area contributed by atoms with Gasteiger partial charge in [0.2, 0.25) is 0 Å². The van der Waals surface area contributed by atoms with Gasteiger partial charge in [0.05, 0.1) is 5.71 Å². The van der Waals surface area contributed by atoms with Crippen molar-refractivity contribution in [2.24, 2.45) is 11.1 Å². The monoisotopic (exact) mass is 284 g/mol. The van der Waals surface area contributed by atoms with E-state index in [1.165, 1.54) is 24.1 Å². The van der Waals surface area contributed by atoms with Crippen LogP contribution in [0.5, 0.6) is 0 Å². The molecule has 1 saturated carbocycles. The molecule has 0 radical (unpaired) electrons. The predicted molar refractivity (Wildman–Crippen MR) is 72.6 cm³/mol. The molecule has 0 atom stereocenters. The predicted octanol–water partition coefficient (Wildman–Crippen LogP) is 0.816. The third kappa shape index (κ3) is 5.40. The Morgan fingerprint density at radius 1 is 1.35 bits per heavy atom. The average Bonchev–Trinajstić information content (AvgIpc) is 3.20. The first kappa shape index (κ1) is 16.2. The van der Waals surface area contributed by atoms with Crippen molar-refractivity contribution in [2.75, 3.05) is 27.2 Å². The first-order valence-corrected chi connectivity index (χ1v) is 6.41. The molecular formula is C13H20N2O5. The molecule has 0 aromatic rings. The van der Waals surface area contributed by atoms with Gasteiger partial charge in [0.25, 0.3) is 0 Å². The molecule has 0 spiro atoms. The first-order valence-electron chi connectivity index (χ1n) is 6.41. The van der Waals surface area contributed by atoms with Crippen molar-refractivity contribution < 1.29 is 24.6 Å². The maximum Gasteiger partial charge on any atom is 0.414 e. The Hall–Kier alpha value is -1.89. The van der Waals surface area contributed by atoms with Crippen LogP contribution in [0.2, 0.25) is 0 Å². The first-order chi connectivity index (χ1) is 9.45. The number of oxime groups is 1. The fourth-order valence-electron chi connectivity index (χ4n) is 1.93. The molecule has 2 rings (SSSR count). The van der Waals surface area contributed by atoms with E-state index in [2.05, 4.69) is 23.2 Å². The van der Waals surface area contributed by atoms with Gasteiger partial charge < -0.3 is 20.0 Å². The van der Waals surface area contributed by atoms with E-state index in [4.69, 9.17) is 24.6 Å². The van der Waals surface area contributed by atoms with Crippen LogP contribution in [0.1, 0.15) is 19.3 Å². The van der Waals surface area contributed by atoms with Crippen LogP contribution in [0.4, 0.5) is 0 Å². The molecule has 0 unspecified atom stereocenters. The van der Waals surface area contributed by atoms with Crippen molar-refractivity contribution in [3.63, 3.8) is 0 Å². The van der Waals surface area contributed by atoms with Crippen LogP contribution in [0.25, 0.3) is 0 Å². The minimum atomic E-state index is -1.82. The van der Waals surface area contributed by atoms with Crippen molar-refractivity contribution in [2.45, 2.75) is 19.3 Å². The quantitative estimate of drug-likeness (QED) is 0.452. The zero-order chi connectivity index (χ0) is 15.1. The largest absolute Gasteiger partial charge is 0.473 e. The molecule has 112 valence electrons. The lowest BCUT2D eigenvalue weighted by Crippen LogP contribution is -2.29. The second-order valence-electron chi connectivity index (χ2n) is 4.80. The van der Waals surface area contributed by atoms with Crippen LogP contribution in [0.15, 0.2) is 16.8 Å². The van der Waals surface area contributed by atoms with E-state index >= 15 is 0 Å². The van der Waals surface area contributed by atoms with Crippen LogP contribution in [-0.4, -0.2) is 60.0 Å². The Balaban J connectivity index is 0.000000286. The number of carboxylic acid groups (broad SMARTS) is 2. The minimum absolute atomic E-state index is 0.674. The molecule has 7 nitrogen and oxygen atoms in total. The summed E-state index contributed by atoms with van der Waals surface area (Å²) < 4.78 is 0. The minimum Gasteiger partial charge on any atom is -0.473 e. The van der Waals surface area contributed by atoms with E-state index in [0.717, 1.165) is 19.5 Å². The Morgan fingerprint density at radius 2 is 1.95 bits per heavy atom. The summed E-state index contributed by atoms with van der Waals surface area (Å²) in [5, 5.41) is 18.9. The summed E-state index contributed by atoms with van der Waals surface area (Å²) in [7, 11) is 3.79. The second kappa shape index (κ2) is 7.64. The topological polar surface area (TPSA) is 99.4 Å². The fourth-order valence-corrected chi connectivity index (χ4v) is 1.93. The number of carboxylic acids is 2. The highest BCUT2D eigenvalue weighted by molar-refractivity contribution is 6.27. The van der Waals surface area contributed by atoms with Gasteiger partial charge in [0.1, 0.15) is 7.11 Å². The van der Waals surface area contributed by atoms with Crippen molar-refractivity contribution in [1.82, 2.24) is 4.90 Å². The van der Waals surface area contributed by atoms with Crippen LogP contribution in [0, 0.1) is 5.92 Å². The van der Waals surface area contributed by atoms with E-state index in [-0.39, 0.29) is 0 Å². The van der Waals surface area contributed by atoms with Gasteiger partial charge >= 0.3 is 11.9 Å². The molecule has 1 fully saturated rings. The molecule has 0 aromatic carbocycles. The van der Waals surface area contributed by atoms with Gasteiger partial charge in [0.15, 0.2) is 0 Å². The van der Waals surface area contributed by atoms with Gasteiger partial charge in [-0.25, -0.2) is 9.59 Å². The van der Waals surface area contributed by atoms with E-state index in [1.807, 2.05) is 0 Å². The Morgan fingerprint density at radius 3 is 2.35 bits per heavy atom. The zero-order valence-corrected chi connectivity index (χ0v) is 11.7. The molecule has 1 aliphatic heterocycles. The third-order valence-electron chi connectivity index (χ3n) is 3.01. The van der Waals surface area contributed by atoms with Crippen molar-refractivity contribution in [3.8, 4) is 0 Å². The molecule has 0 saturated heterocycles. The Labute approximate surface area is 117 Å². The number of likely N-dealkylation sites (N-methyl/N-ethyl adjacent to an activating group) is 1. The summed E-state index contributed by atoms with van der Waals surface area (Å²) in [6, 6.07) is 0. The van der Waals surface area contributed by atoms with Gasteiger partial charge in [-0.05, 0) is 31.9 Å². The fraction of sp³-hybridized carbons (Fsp3) is 0.615.